The molecule has 0 aromatic rings. The number of hydrogen-bond donors (Lipinski definition) is 0. The highest BCUT2D eigenvalue weighted by atomic mass is 32.2. The zero-order valence-corrected chi connectivity index (χ0v) is 6.93. The quantitative estimate of drug-likeness (QED) is 0.589. The van der Waals surface area contributed by atoms with Crippen LogP contribution in [0, 0.1) is 0 Å². The molecule has 0 aliphatic heterocycles. The molecule has 0 heterocycles. The van der Waals surface area contributed by atoms with E-state index in [0.29, 0.717) is 0 Å². The van der Waals surface area contributed by atoms with Gasteiger partial charge in [-0.1, -0.05) is 12.2 Å². The molecule has 0 aliphatic carbocycles. The summed E-state index contributed by atoms with van der Waals surface area (Å²) in [6, 6.07) is 0. The van der Waals surface area contributed by atoms with Crippen LogP contribution in [0.15, 0.2) is 25.3 Å². The second kappa shape index (κ2) is 4.08. The van der Waals surface area contributed by atoms with E-state index in [1.165, 1.54) is 12.2 Å². The number of allylic oxidation sites excluding steroid dienone is 1. The van der Waals surface area contributed by atoms with Crippen molar-refractivity contribution in [1.82, 2.24) is 0 Å². The van der Waals surface area contributed by atoms with Gasteiger partial charge in [0.05, 0.1) is 5.75 Å². The highest BCUT2D eigenvalue weighted by Gasteiger charge is 2.17. The molecule has 62 valence electrons. The summed E-state index contributed by atoms with van der Waals surface area (Å²) in [6.45, 7) is 6.49. The summed E-state index contributed by atoms with van der Waals surface area (Å²) in [5, 5.41) is -0.799. The van der Waals surface area contributed by atoms with Crippen LogP contribution in [-0.2, 0) is 14.6 Å². The molecule has 0 amide bonds. The summed E-state index contributed by atoms with van der Waals surface area (Å²) in [5.74, 6) is -0.292. The third-order valence-corrected chi connectivity index (χ3v) is 2.53. The Morgan fingerprint density at radius 3 is 2.18 bits per heavy atom. The minimum atomic E-state index is -3.60. The van der Waals surface area contributed by atoms with Crippen LogP contribution in [0.1, 0.15) is 6.42 Å². The van der Waals surface area contributed by atoms with E-state index in [-0.39, 0.29) is 12.2 Å². The molecule has 0 N–H and O–H groups in total. The van der Waals surface area contributed by atoms with Crippen LogP contribution in [0.5, 0.6) is 0 Å². The average molecular weight is 174 g/mol. The number of hydrogen-bond acceptors (Lipinski definition) is 3. The zero-order valence-electron chi connectivity index (χ0n) is 6.12. The Labute approximate surface area is 66.3 Å². The molecule has 0 rings (SSSR count). The van der Waals surface area contributed by atoms with E-state index in [9.17, 15) is 13.2 Å². The van der Waals surface area contributed by atoms with Crippen molar-refractivity contribution in [2.45, 2.75) is 6.42 Å². The molecule has 0 spiro atoms. The maximum absolute atomic E-state index is 10.9. The second-order valence-corrected chi connectivity index (χ2v) is 3.95. The summed E-state index contributed by atoms with van der Waals surface area (Å²) < 4.78 is 21.7. The first-order valence-corrected chi connectivity index (χ1v) is 4.67. The van der Waals surface area contributed by atoms with Gasteiger partial charge in [-0.05, 0) is 0 Å². The van der Waals surface area contributed by atoms with E-state index in [1.54, 1.807) is 0 Å². The first-order chi connectivity index (χ1) is 5.04. The van der Waals surface area contributed by atoms with Gasteiger partial charge in [-0.15, -0.1) is 13.2 Å². The van der Waals surface area contributed by atoms with Crippen LogP contribution in [0.4, 0.5) is 0 Å². The van der Waals surface area contributed by atoms with Crippen molar-refractivity contribution in [2.75, 3.05) is 5.75 Å². The fraction of sp³-hybridized carbons (Fsp3) is 0.286. The van der Waals surface area contributed by atoms with Gasteiger partial charge in [0.25, 0.3) is 0 Å². The number of rotatable bonds is 4. The SMILES string of the molecule is C=CCC(=O)S(=O)(=O)CC=C. The van der Waals surface area contributed by atoms with Crippen molar-refractivity contribution in [1.29, 1.82) is 0 Å². The molecule has 0 saturated heterocycles. The average Bonchev–Trinajstić information content (AvgIpc) is 1.88. The van der Waals surface area contributed by atoms with Gasteiger partial charge in [0.15, 0.2) is 0 Å². The lowest BCUT2D eigenvalue weighted by Crippen LogP contribution is -2.15. The van der Waals surface area contributed by atoms with Crippen LogP contribution in [0.2, 0.25) is 0 Å². The monoisotopic (exact) mass is 174 g/mol. The topological polar surface area (TPSA) is 51.2 Å². The Morgan fingerprint density at radius 2 is 1.82 bits per heavy atom. The Balaban J connectivity index is 4.43. The van der Waals surface area contributed by atoms with Crippen molar-refractivity contribution >= 4 is 15.0 Å². The molecular formula is C7H10O3S. The molecule has 0 aromatic heterocycles. The molecule has 0 unspecified atom stereocenters. The number of carbonyl (C=O) groups excluding carboxylic acids is 1. The Morgan fingerprint density at radius 1 is 1.27 bits per heavy atom. The minimum absolute atomic E-state index is 0.129. The molecule has 0 bridgehead atoms. The summed E-state index contributed by atoms with van der Waals surface area (Å²) in [4.78, 5) is 10.7. The third kappa shape index (κ3) is 3.13. The first-order valence-electron chi connectivity index (χ1n) is 3.02. The molecule has 4 heteroatoms. The normalized spacial score (nSPS) is 10.5. The highest BCUT2D eigenvalue weighted by Crippen LogP contribution is 1.97. The van der Waals surface area contributed by atoms with Crippen molar-refractivity contribution in [3.8, 4) is 0 Å². The minimum Gasteiger partial charge on any atom is -0.281 e. The molecule has 0 saturated carbocycles. The summed E-state index contributed by atoms with van der Waals surface area (Å²) in [7, 11) is -3.60. The van der Waals surface area contributed by atoms with Crippen molar-refractivity contribution in [3.63, 3.8) is 0 Å². The molecule has 0 atom stereocenters. The highest BCUT2D eigenvalue weighted by molar-refractivity contribution is 8.06. The van der Waals surface area contributed by atoms with Crippen molar-refractivity contribution < 1.29 is 13.2 Å². The Bertz CT molecular complexity index is 261. The van der Waals surface area contributed by atoms with E-state index < -0.39 is 15.0 Å². The van der Waals surface area contributed by atoms with Gasteiger partial charge < -0.3 is 0 Å². The lowest BCUT2D eigenvalue weighted by Gasteiger charge is -1.94. The van der Waals surface area contributed by atoms with E-state index in [1.807, 2.05) is 0 Å². The lowest BCUT2D eigenvalue weighted by molar-refractivity contribution is -0.111. The Hall–Kier alpha value is -0.900. The van der Waals surface area contributed by atoms with Gasteiger partial charge in [-0.25, -0.2) is 8.42 Å². The summed E-state index contributed by atoms with van der Waals surface area (Å²) >= 11 is 0. The second-order valence-electron chi connectivity index (χ2n) is 1.93. The first kappa shape index (κ1) is 10.1. The van der Waals surface area contributed by atoms with Crippen molar-refractivity contribution in [3.05, 3.63) is 25.3 Å². The van der Waals surface area contributed by atoms with E-state index in [0.717, 1.165) is 0 Å². The predicted octanol–water partition coefficient (Wildman–Crippen LogP) is 0.690. The molecule has 0 aliphatic rings. The Kier molecular flexibility index (Phi) is 3.74. The molecule has 11 heavy (non-hydrogen) atoms. The largest absolute Gasteiger partial charge is 0.281 e. The standard InChI is InChI=1S/C7H10O3S/c1-3-5-7(8)11(9,10)6-4-2/h3-4H,1-2,5-6H2. The van der Waals surface area contributed by atoms with Gasteiger partial charge in [0, 0.05) is 6.42 Å². The molecule has 0 aromatic carbocycles. The van der Waals surface area contributed by atoms with Gasteiger partial charge in [-0.2, -0.15) is 0 Å². The van der Waals surface area contributed by atoms with Crippen LogP contribution >= 0.6 is 0 Å². The van der Waals surface area contributed by atoms with Gasteiger partial charge in [0.2, 0.25) is 15.0 Å². The maximum atomic E-state index is 10.9. The predicted molar refractivity (Wildman–Crippen MR) is 43.8 cm³/mol. The fourth-order valence-corrected chi connectivity index (χ4v) is 1.36. The van der Waals surface area contributed by atoms with Crippen LogP contribution < -0.4 is 0 Å². The number of carbonyl (C=O) groups is 1. The van der Waals surface area contributed by atoms with Crippen molar-refractivity contribution in [2.24, 2.45) is 0 Å². The fourth-order valence-electron chi connectivity index (χ4n) is 0.493. The lowest BCUT2D eigenvalue weighted by atomic mass is 10.5. The van der Waals surface area contributed by atoms with Gasteiger partial charge >= 0.3 is 0 Å². The molecule has 0 fully saturated rings. The van der Waals surface area contributed by atoms with E-state index in [4.69, 9.17) is 0 Å². The van der Waals surface area contributed by atoms with Crippen LogP contribution in [-0.4, -0.2) is 19.3 Å². The van der Waals surface area contributed by atoms with Gasteiger partial charge in [0.1, 0.15) is 0 Å². The zero-order chi connectivity index (χ0) is 8.91. The van der Waals surface area contributed by atoms with Crippen LogP contribution in [0.25, 0.3) is 0 Å². The maximum Gasteiger partial charge on any atom is 0.250 e. The van der Waals surface area contributed by atoms with E-state index >= 15 is 0 Å². The number of sulfone groups is 1. The third-order valence-electron chi connectivity index (χ3n) is 0.995. The van der Waals surface area contributed by atoms with E-state index in [2.05, 4.69) is 13.2 Å². The summed E-state index contributed by atoms with van der Waals surface area (Å²) in [5.41, 5.74) is 0. The van der Waals surface area contributed by atoms with Gasteiger partial charge in [-0.3, -0.25) is 4.79 Å². The molecular weight excluding hydrogens is 164 g/mol. The van der Waals surface area contributed by atoms with Crippen LogP contribution in [0.3, 0.4) is 0 Å². The molecule has 0 radical (unpaired) electrons. The molecule has 3 nitrogen and oxygen atoms in total. The smallest absolute Gasteiger partial charge is 0.250 e. The summed E-state index contributed by atoms with van der Waals surface area (Å²) in [6.07, 6.45) is 2.33.